The van der Waals surface area contributed by atoms with Gasteiger partial charge in [0.2, 0.25) is 0 Å². The number of nitriles is 1. The van der Waals surface area contributed by atoms with Crippen molar-refractivity contribution in [2.75, 3.05) is 6.61 Å². The van der Waals surface area contributed by atoms with Crippen molar-refractivity contribution >= 4 is 17.7 Å². The van der Waals surface area contributed by atoms with E-state index in [9.17, 15) is 24.8 Å². The molecule has 5 aliphatic rings. The molecule has 5 rings (SSSR count). The number of esters is 2. The fraction of sp³-hybridized carbons (Fsp3) is 0.744. The molecule has 6 unspecified atom stereocenters. The maximum atomic E-state index is 14.2. The molecule has 1 N–H and O–H groups in total. The van der Waals surface area contributed by atoms with Crippen LogP contribution in [0.3, 0.4) is 0 Å². The van der Waals surface area contributed by atoms with Gasteiger partial charge in [0, 0.05) is 25.2 Å². The molecule has 0 aliphatic heterocycles. The van der Waals surface area contributed by atoms with Crippen molar-refractivity contribution in [3.05, 3.63) is 35.5 Å². The lowest BCUT2D eigenvalue weighted by molar-refractivity contribution is -0.183. The van der Waals surface area contributed by atoms with Crippen LogP contribution in [0.15, 0.2) is 35.5 Å². The number of hydrogen-bond acceptors (Lipinski definition) is 7. The van der Waals surface area contributed by atoms with Crippen molar-refractivity contribution in [3.8, 4) is 6.07 Å². The zero-order chi connectivity index (χ0) is 34.2. The van der Waals surface area contributed by atoms with Gasteiger partial charge in [-0.05, 0) is 86.4 Å². The van der Waals surface area contributed by atoms with Gasteiger partial charge in [-0.1, -0.05) is 77.8 Å². The van der Waals surface area contributed by atoms with Crippen molar-refractivity contribution in [2.24, 2.45) is 45.3 Å². The molecule has 0 aromatic heterocycles. The van der Waals surface area contributed by atoms with Gasteiger partial charge in [0.15, 0.2) is 5.78 Å². The maximum absolute atomic E-state index is 14.2. The Balaban J connectivity index is 0.00000154. The number of allylic oxidation sites excluding steroid dienone is 5. The summed E-state index contributed by atoms with van der Waals surface area (Å²) in [4.78, 5) is 38.4. The number of carbonyl (C=O) groups is 3. The van der Waals surface area contributed by atoms with Crippen LogP contribution in [0.5, 0.6) is 0 Å². The Labute approximate surface area is 276 Å². The van der Waals surface area contributed by atoms with E-state index in [4.69, 9.17) is 9.47 Å². The second-order valence-electron chi connectivity index (χ2n) is 16.2. The fourth-order valence-electron chi connectivity index (χ4n) is 10.0. The minimum absolute atomic E-state index is 0.0421. The van der Waals surface area contributed by atoms with Gasteiger partial charge in [-0.2, -0.15) is 5.26 Å². The van der Waals surface area contributed by atoms with Crippen LogP contribution < -0.4 is 0 Å². The highest BCUT2D eigenvalue weighted by molar-refractivity contribution is 6.00. The van der Waals surface area contributed by atoms with E-state index in [1.807, 2.05) is 6.08 Å². The lowest BCUT2D eigenvalue weighted by Crippen LogP contribution is -2.59. The van der Waals surface area contributed by atoms with Gasteiger partial charge in [-0.3, -0.25) is 14.4 Å². The molecule has 7 heteroatoms. The number of nitrogens with zero attached hydrogens (tertiary/aromatic N) is 1. The predicted molar refractivity (Wildman–Crippen MR) is 178 cm³/mol. The molecule has 46 heavy (non-hydrogen) atoms. The first kappa shape index (κ1) is 36.1. The van der Waals surface area contributed by atoms with E-state index in [0.717, 1.165) is 50.5 Å². The average Bonchev–Trinajstić information content (AvgIpc) is 2.97. The minimum Gasteiger partial charge on any atom is -0.462 e. The third-order valence-electron chi connectivity index (χ3n) is 12.3. The monoisotopic (exact) mass is 635 g/mol. The van der Waals surface area contributed by atoms with E-state index in [-0.39, 0.29) is 64.4 Å². The third-order valence-corrected chi connectivity index (χ3v) is 12.3. The van der Waals surface area contributed by atoms with Crippen LogP contribution in [-0.2, 0) is 23.9 Å². The Bertz CT molecular complexity index is 1340. The summed E-state index contributed by atoms with van der Waals surface area (Å²) in [6, 6.07) is 2.16. The smallest absolute Gasteiger partial charge is 0.312 e. The van der Waals surface area contributed by atoms with Gasteiger partial charge < -0.3 is 14.6 Å². The number of aliphatic hydroxyl groups is 1. The number of ketones is 1. The average molecular weight is 636 g/mol. The molecule has 0 radical (unpaired) electrons. The molecule has 0 saturated heterocycles. The molecule has 0 amide bonds. The Morgan fingerprint density at radius 1 is 1.09 bits per heavy atom. The van der Waals surface area contributed by atoms with Crippen molar-refractivity contribution in [1.29, 1.82) is 5.26 Å². The fourth-order valence-corrected chi connectivity index (χ4v) is 10.0. The topological polar surface area (TPSA) is 114 Å². The first-order valence-electron chi connectivity index (χ1n) is 17.6. The molecule has 0 heterocycles. The van der Waals surface area contributed by atoms with Crippen LogP contribution >= 0.6 is 0 Å². The molecule has 3 saturated carbocycles. The molecule has 5 aliphatic carbocycles. The van der Waals surface area contributed by atoms with Crippen LogP contribution in [0.25, 0.3) is 0 Å². The quantitative estimate of drug-likeness (QED) is 0.296. The molecule has 0 aromatic rings. The van der Waals surface area contributed by atoms with Crippen molar-refractivity contribution in [3.63, 3.8) is 0 Å². The van der Waals surface area contributed by atoms with Crippen molar-refractivity contribution in [2.45, 2.75) is 132 Å². The van der Waals surface area contributed by atoms with Gasteiger partial charge in [-0.25, -0.2) is 0 Å². The first-order chi connectivity index (χ1) is 21.5. The molecule has 7 nitrogen and oxygen atoms in total. The summed E-state index contributed by atoms with van der Waals surface area (Å²) < 4.78 is 11.3. The number of rotatable bonds is 6. The van der Waals surface area contributed by atoms with E-state index in [2.05, 4.69) is 60.3 Å². The molecular weight excluding hydrogens is 578 g/mol. The second kappa shape index (κ2) is 13.4. The normalized spacial score (nSPS) is 37.1. The number of fused-ring (bicyclic) bond motifs is 7. The molecule has 3 fully saturated rings. The molecule has 0 spiro atoms. The number of aliphatic hydroxyl groups excluding tert-OH is 1. The minimum atomic E-state index is -0.710. The van der Waals surface area contributed by atoms with E-state index in [1.54, 1.807) is 6.92 Å². The van der Waals surface area contributed by atoms with Gasteiger partial charge in [0.05, 0.1) is 17.6 Å². The highest BCUT2D eigenvalue weighted by atomic mass is 16.6. The lowest BCUT2D eigenvalue weighted by Gasteiger charge is -2.64. The van der Waals surface area contributed by atoms with Crippen LogP contribution in [-0.4, -0.2) is 41.6 Å². The van der Waals surface area contributed by atoms with E-state index in [0.29, 0.717) is 12.3 Å². The molecule has 0 bridgehead atoms. The number of hydrogen-bond donors (Lipinski definition) is 1. The van der Waals surface area contributed by atoms with Crippen LogP contribution in [0.4, 0.5) is 0 Å². The lowest BCUT2D eigenvalue weighted by atomic mass is 9.39. The van der Waals surface area contributed by atoms with E-state index >= 15 is 0 Å². The number of Topliss-reactive ketones (excluding diaryl/α,β-unsaturated/α-hetero) is 1. The van der Waals surface area contributed by atoms with Crippen LogP contribution in [0, 0.1) is 56.7 Å². The van der Waals surface area contributed by atoms with Crippen molar-refractivity contribution < 1.29 is 29.0 Å². The predicted octanol–water partition coefficient (Wildman–Crippen LogP) is 7.83. The summed E-state index contributed by atoms with van der Waals surface area (Å²) in [5.74, 6) is 0.0396. The number of ether oxygens (including phenoxy) is 2. The Morgan fingerprint density at radius 3 is 2.37 bits per heavy atom. The molecule has 254 valence electrons. The summed E-state index contributed by atoms with van der Waals surface area (Å²) in [7, 11) is 0. The Hall–Kier alpha value is -2.72. The largest absolute Gasteiger partial charge is 0.462 e. The third kappa shape index (κ3) is 6.40. The van der Waals surface area contributed by atoms with Gasteiger partial charge in [0.1, 0.15) is 18.3 Å². The van der Waals surface area contributed by atoms with Gasteiger partial charge in [-0.15, -0.1) is 0 Å². The Morgan fingerprint density at radius 2 is 1.76 bits per heavy atom. The summed E-state index contributed by atoms with van der Waals surface area (Å²) >= 11 is 0. The summed E-state index contributed by atoms with van der Waals surface area (Å²) in [6.07, 6.45) is 11.1. The molecule has 0 aromatic carbocycles. The summed E-state index contributed by atoms with van der Waals surface area (Å²) in [5, 5.41) is 19.4. The van der Waals surface area contributed by atoms with Crippen LogP contribution in [0.2, 0.25) is 0 Å². The SMILES string of the molecule is C=C1C=C2[C@@]3(C)C=C(C#N)C(=O)CC3CC[C@@]2(C)C2CC[C@@]3(C(=O)OC(C)CC(CO)OC(C)=O)CCC(C)(C)CC3C12.CCC. The second-order valence-corrected chi connectivity index (χ2v) is 16.2. The highest BCUT2D eigenvalue weighted by Crippen LogP contribution is 2.70. The standard InChI is InChI=1S/C36H49NO6.C3H8/c1-21-14-30-34(6,10-8-25-16-29(40)24(19-37)17-35(25,30)7)27-9-11-36(13-12-33(4,5)18-28(36)31(21)27)32(41)42-22(2)15-26(20-38)43-23(3)39;1-3-2/h14,17,22,25-28,31,38H,1,8-13,15-16,18,20H2,2-7H3;3H2,1-2H3/t22?,25?,26?,27?,28?,31?,34-,35-,36+;/m0./s1. The first-order valence-corrected chi connectivity index (χ1v) is 17.6. The molecule has 9 atom stereocenters. The summed E-state index contributed by atoms with van der Waals surface area (Å²) in [5.41, 5.74) is 1.65. The zero-order valence-corrected chi connectivity index (χ0v) is 29.5. The van der Waals surface area contributed by atoms with Crippen LogP contribution in [0.1, 0.15) is 120 Å². The zero-order valence-electron chi connectivity index (χ0n) is 29.5. The highest BCUT2D eigenvalue weighted by Gasteiger charge is 2.64. The maximum Gasteiger partial charge on any atom is 0.312 e. The van der Waals surface area contributed by atoms with Gasteiger partial charge in [0.25, 0.3) is 0 Å². The van der Waals surface area contributed by atoms with E-state index < -0.39 is 23.6 Å². The Kier molecular flexibility index (Phi) is 10.5. The van der Waals surface area contributed by atoms with Crippen molar-refractivity contribution in [1.82, 2.24) is 0 Å². The van der Waals surface area contributed by atoms with E-state index in [1.165, 1.54) is 18.9 Å². The summed E-state index contributed by atoms with van der Waals surface area (Å²) in [6.45, 7) is 20.9. The van der Waals surface area contributed by atoms with Gasteiger partial charge >= 0.3 is 11.9 Å². The molecular formula is C39H57NO6. The number of carbonyl (C=O) groups excluding carboxylic acids is 3.